The minimum Gasteiger partial charge on any atom is -0.478 e. The van der Waals surface area contributed by atoms with Crippen LogP contribution in [0.2, 0.25) is 0 Å². The molecule has 4 heteroatoms. The van der Waals surface area contributed by atoms with Crippen LogP contribution in [0.4, 0.5) is 0 Å². The molecule has 0 aromatic carbocycles. The van der Waals surface area contributed by atoms with E-state index in [1.54, 1.807) is 0 Å². The minimum atomic E-state index is -1.10. The van der Waals surface area contributed by atoms with Crippen LogP contribution in [0.5, 0.6) is 0 Å². The summed E-state index contributed by atoms with van der Waals surface area (Å²) in [5.74, 6) is -0.873. The molecule has 0 saturated heterocycles. The maximum absolute atomic E-state index is 11.3. The highest BCUT2D eigenvalue weighted by Gasteiger charge is 2.21. The molecule has 0 spiro atoms. The van der Waals surface area contributed by atoms with E-state index in [-0.39, 0.29) is 11.9 Å². The van der Waals surface area contributed by atoms with E-state index in [1.807, 2.05) is 6.92 Å². The molecule has 0 radical (unpaired) electrons. The lowest BCUT2D eigenvalue weighted by Gasteiger charge is -2.19. The SMILES string of the molecule is CC(NC(=O)C=CC(=O)O)C1CCCC1. The number of carbonyl (C=O) groups excluding carboxylic acids is 1. The number of aliphatic carboxylic acids is 1. The second-order valence-corrected chi connectivity index (χ2v) is 4.01. The first-order valence-corrected chi connectivity index (χ1v) is 5.31. The van der Waals surface area contributed by atoms with Gasteiger partial charge in [-0.25, -0.2) is 4.79 Å². The van der Waals surface area contributed by atoms with Gasteiger partial charge in [0.1, 0.15) is 0 Å². The van der Waals surface area contributed by atoms with Crippen LogP contribution in [0.1, 0.15) is 32.6 Å². The van der Waals surface area contributed by atoms with E-state index in [4.69, 9.17) is 5.11 Å². The number of nitrogens with one attached hydrogen (secondary N) is 1. The smallest absolute Gasteiger partial charge is 0.328 e. The number of rotatable bonds is 4. The van der Waals surface area contributed by atoms with Gasteiger partial charge in [0.2, 0.25) is 5.91 Å². The first-order valence-electron chi connectivity index (χ1n) is 5.31. The number of carbonyl (C=O) groups is 2. The van der Waals surface area contributed by atoms with Crippen molar-refractivity contribution in [2.75, 3.05) is 0 Å². The van der Waals surface area contributed by atoms with Crippen molar-refractivity contribution in [2.24, 2.45) is 5.92 Å². The molecule has 15 heavy (non-hydrogen) atoms. The Balaban J connectivity index is 2.33. The van der Waals surface area contributed by atoms with E-state index in [1.165, 1.54) is 12.8 Å². The van der Waals surface area contributed by atoms with Crippen molar-refractivity contribution >= 4 is 11.9 Å². The van der Waals surface area contributed by atoms with Crippen molar-refractivity contribution in [2.45, 2.75) is 38.6 Å². The van der Waals surface area contributed by atoms with E-state index in [0.29, 0.717) is 5.92 Å². The molecular formula is C11H17NO3. The normalized spacial score (nSPS) is 19.3. The van der Waals surface area contributed by atoms with E-state index >= 15 is 0 Å². The van der Waals surface area contributed by atoms with E-state index < -0.39 is 5.97 Å². The summed E-state index contributed by atoms with van der Waals surface area (Å²) in [6.45, 7) is 1.97. The number of hydrogen-bond donors (Lipinski definition) is 2. The standard InChI is InChI=1S/C11H17NO3/c1-8(9-4-2-3-5-9)12-10(13)6-7-11(14)15/h6-9H,2-5H2,1H3,(H,12,13)(H,14,15). The molecule has 1 atom stereocenters. The predicted octanol–water partition coefficient (Wildman–Crippen LogP) is 1.32. The lowest BCUT2D eigenvalue weighted by molar-refractivity contribution is -0.131. The molecule has 1 rings (SSSR count). The van der Waals surface area contributed by atoms with Crippen molar-refractivity contribution in [3.63, 3.8) is 0 Å². The minimum absolute atomic E-state index is 0.137. The maximum Gasteiger partial charge on any atom is 0.328 e. The third-order valence-electron chi connectivity index (χ3n) is 2.85. The second-order valence-electron chi connectivity index (χ2n) is 4.01. The van der Waals surface area contributed by atoms with Gasteiger partial charge < -0.3 is 10.4 Å². The van der Waals surface area contributed by atoms with Crippen LogP contribution in [-0.4, -0.2) is 23.0 Å². The van der Waals surface area contributed by atoms with Gasteiger partial charge in [0.05, 0.1) is 0 Å². The zero-order valence-electron chi connectivity index (χ0n) is 8.90. The second kappa shape index (κ2) is 5.53. The molecule has 1 unspecified atom stereocenters. The summed E-state index contributed by atoms with van der Waals surface area (Å²) >= 11 is 0. The highest BCUT2D eigenvalue weighted by atomic mass is 16.4. The summed E-state index contributed by atoms with van der Waals surface area (Å²) in [5, 5.41) is 11.1. The van der Waals surface area contributed by atoms with Crippen molar-refractivity contribution in [3.05, 3.63) is 12.2 Å². The number of amides is 1. The fourth-order valence-electron chi connectivity index (χ4n) is 1.99. The zero-order chi connectivity index (χ0) is 11.3. The molecule has 0 aromatic rings. The largest absolute Gasteiger partial charge is 0.478 e. The third-order valence-corrected chi connectivity index (χ3v) is 2.85. The topological polar surface area (TPSA) is 66.4 Å². The predicted molar refractivity (Wildman–Crippen MR) is 56.3 cm³/mol. The van der Waals surface area contributed by atoms with Crippen LogP contribution in [-0.2, 0) is 9.59 Å². The van der Waals surface area contributed by atoms with Crippen molar-refractivity contribution in [1.82, 2.24) is 5.32 Å². The molecule has 1 fully saturated rings. The molecule has 4 nitrogen and oxygen atoms in total. The molecule has 0 aromatic heterocycles. The van der Waals surface area contributed by atoms with Crippen molar-refractivity contribution < 1.29 is 14.7 Å². The highest BCUT2D eigenvalue weighted by Crippen LogP contribution is 2.27. The first-order chi connectivity index (χ1) is 7.09. The average molecular weight is 211 g/mol. The fraction of sp³-hybridized carbons (Fsp3) is 0.636. The van der Waals surface area contributed by atoms with Gasteiger partial charge in [-0.1, -0.05) is 12.8 Å². The van der Waals surface area contributed by atoms with Crippen molar-refractivity contribution in [3.8, 4) is 0 Å². The van der Waals surface area contributed by atoms with E-state index in [2.05, 4.69) is 5.32 Å². The Morgan fingerprint density at radius 2 is 1.93 bits per heavy atom. The van der Waals surface area contributed by atoms with Gasteiger partial charge in [0, 0.05) is 18.2 Å². The van der Waals surface area contributed by atoms with E-state index in [9.17, 15) is 9.59 Å². The van der Waals surface area contributed by atoms with Crippen LogP contribution in [0.3, 0.4) is 0 Å². The molecule has 2 N–H and O–H groups in total. The molecular weight excluding hydrogens is 194 g/mol. The highest BCUT2D eigenvalue weighted by molar-refractivity contribution is 5.93. The molecule has 84 valence electrons. The Labute approximate surface area is 89.4 Å². The number of hydrogen-bond acceptors (Lipinski definition) is 2. The van der Waals surface area contributed by atoms with Crippen LogP contribution in [0.15, 0.2) is 12.2 Å². The number of carboxylic acid groups (broad SMARTS) is 1. The summed E-state index contributed by atoms with van der Waals surface area (Å²) in [5.41, 5.74) is 0. The van der Waals surface area contributed by atoms with Gasteiger partial charge in [0.25, 0.3) is 0 Å². The Morgan fingerprint density at radius 1 is 1.33 bits per heavy atom. The molecule has 1 aliphatic rings. The summed E-state index contributed by atoms with van der Waals surface area (Å²) in [6, 6.07) is 0.137. The summed E-state index contributed by atoms with van der Waals surface area (Å²) < 4.78 is 0. The van der Waals surface area contributed by atoms with Crippen LogP contribution in [0.25, 0.3) is 0 Å². The Kier molecular flexibility index (Phi) is 4.34. The summed E-state index contributed by atoms with van der Waals surface area (Å²) in [7, 11) is 0. The Hall–Kier alpha value is -1.32. The molecule has 1 aliphatic carbocycles. The molecule has 1 saturated carbocycles. The van der Waals surface area contributed by atoms with Gasteiger partial charge in [-0.05, 0) is 25.7 Å². The molecule has 1 amide bonds. The number of carboxylic acids is 1. The zero-order valence-corrected chi connectivity index (χ0v) is 8.90. The fourth-order valence-corrected chi connectivity index (χ4v) is 1.99. The van der Waals surface area contributed by atoms with E-state index in [0.717, 1.165) is 25.0 Å². The molecule has 0 bridgehead atoms. The first kappa shape index (κ1) is 11.8. The van der Waals surface area contributed by atoms with Crippen LogP contribution >= 0.6 is 0 Å². The molecule has 0 heterocycles. The van der Waals surface area contributed by atoms with Gasteiger partial charge in [-0.15, -0.1) is 0 Å². The average Bonchev–Trinajstić information content (AvgIpc) is 2.67. The summed E-state index contributed by atoms with van der Waals surface area (Å²) in [4.78, 5) is 21.4. The van der Waals surface area contributed by atoms with Gasteiger partial charge in [-0.2, -0.15) is 0 Å². The van der Waals surface area contributed by atoms with Crippen molar-refractivity contribution in [1.29, 1.82) is 0 Å². The maximum atomic E-state index is 11.3. The lowest BCUT2D eigenvalue weighted by Crippen LogP contribution is -2.36. The quantitative estimate of drug-likeness (QED) is 0.689. The summed E-state index contributed by atoms with van der Waals surface area (Å²) in [6.07, 6.45) is 6.70. The van der Waals surface area contributed by atoms with Gasteiger partial charge in [0.15, 0.2) is 0 Å². The Bertz CT molecular complexity index is 267. The van der Waals surface area contributed by atoms with Crippen LogP contribution in [0, 0.1) is 5.92 Å². The Morgan fingerprint density at radius 3 is 2.47 bits per heavy atom. The monoisotopic (exact) mass is 211 g/mol. The van der Waals surface area contributed by atoms with Gasteiger partial charge >= 0.3 is 5.97 Å². The molecule has 0 aliphatic heterocycles. The lowest BCUT2D eigenvalue weighted by atomic mass is 10.00. The van der Waals surface area contributed by atoms with Gasteiger partial charge in [-0.3, -0.25) is 4.79 Å². The third kappa shape index (κ3) is 4.14. The van der Waals surface area contributed by atoms with Crippen LogP contribution < -0.4 is 5.32 Å².